The lowest BCUT2D eigenvalue weighted by Crippen LogP contribution is -2.42. The Morgan fingerprint density at radius 1 is 1.21 bits per heavy atom. The van der Waals surface area contributed by atoms with Crippen LogP contribution in [0.3, 0.4) is 0 Å². The highest BCUT2D eigenvalue weighted by atomic mass is 16.5. The zero-order valence-electron chi connectivity index (χ0n) is 11.0. The third-order valence-electron chi connectivity index (χ3n) is 4.63. The molecule has 1 aliphatic carbocycles. The van der Waals surface area contributed by atoms with Gasteiger partial charge in [0, 0.05) is 13.2 Å². The summed E-state index contributed by atoms with van der Waals surface area (Å²) in [6.45, 7) is 1.41. The van der Waals surface area contributed by atoms with Gasteiger partial charge in [0.05, 0.1) is 17.6 Å². The average Bonchev–Trinajstić information content (AvgIpc) is 2.87. The summed E-state index contributed by atoms with van der Waals surface area (Å²) in [6.07, 6.45) is 2.53. The molecule has 3 heteroatoms. The molecule has 100 valence electrons. The smallest absolute Gasteiger partial charge is 0.0915 e. The van der Waals surface area contributed by atoms with Gasteiger partial charge in [0.1, 0.15) is 0 Å². The van der Waals surface area contributed by atoms with Crippen LogP contribution in [0.4, 0.5) is 0 Å². The first-order valence-electron chi connectivity index (χ1n) is 6.99. The second kappa shape index (κ2) is 4.96. The Morgan fingerprint density at radius 3 is 2.32 bits per heavy atom. The highest BCUT2D eigenvalue weighted by Gasteiger charge is 2.46. The van der Waals surface area contributed by atoms with Crippen molar-refractivity contribution in [2.24, 2.45) is 11.3 Å². The van der Waals surface area contributed by atoms with Gasteiger partial charge in [-0.1, -0.05) is 24.3 Å². The summed E-state index contributed by atoms with van der Waals surface area (Å²) in [5.41, 5.74) is 1.80. The molecule has 0 bridgehead atoms. The zero-order chi connectivity index (χ0) is 13.3. The summed E-state index contributed by atoms with van der Waals surface area (Å²) in [5, 5.41) is 20.4. The summed E-state index contributed by atoms with van der Waals surface area (Å²) >= 11 is 0. The van der Waals surface area contributed by atoms with Gasteiger partial charge < -0.3 is 9.84 Å². The van der Waals surface area contributed by atoms with Gasteiger partial charge >= 0.3 is 0 Å². The van der Waals surface area contributed by atoms with E-state index in [1.807, 2.05) is 12.1 Å². The van der Waals surface area contributed by atoms with E-state index >= 15 is 0 Å². The third-order valence-corrected chi connectivity index (χ3v) is 4.63. The minimum Gasteiger partial charge on any atom is -0.391 e. The van der Waals surface area contributed by atoms with Crippen LogP contribution in [0.1, 0.15) is 24.0 Å². The molecule has 2 aliphatic rings. The molecular weight excluding hydrogens is 238 g/mol. The molecule has 1 N–H and O–H groups in total. The molecule has 1 aromatic carbocycles. The van der Waals surface area contributed by atoms with Crippen LogP contribution in [-0.4, -0.2) is 24.4 Å². The number of hydrogen-bond donors (Lipinski definition) is 1. The van der Waals surface area contributed by atoms with Gasteiger partial charge in [0.15, 0.2) is 0 Å². The Bertz CT molecular complexity index is 475. The number of aliphatic hydroxyl groups is 1. The van der Waals surface area contributed by atoms with Crippen molar-refractivity contribution in [2.75, 3.05) is 13.2 Å². The molecule has 1 saturated heterocycles. The molecule has 0 radical (unpaired) electrons. The third kappa shape index (κ3) is 2.16. The number of fused-ring (bicyclic) bond motifs is 1. The summed E-state index contributed by atoms with van der Waals surface area (Å²) < 4.78 is 5.35. The summed E-state index contributed by atoms with van der Waals surface area (Å²) in [7, 11) is 0. The number of nitrogens with zero attached hydrogens (tertiary/aromatic N) is 1. The summed E-state index contributed by atoms with van der Waals surface area (Å²) in [6, 6.07) is 10.6. The number of aliphatic hydroxyl groups excluding tert-OH is 1. The van der Waals surface area contributed by atoms with Gasteiger partial charge in [-0.3, -0.25) is 0 Å². The Labute approximate surface area is 113 Å². The Balaban J connectivity index is 1.84. The van der Waals surface area contributed by atoms with Crippen LogP contribution in [0.2, 0.25) is 0 Å². The minimum atomic E-state index is -0.633. The lowest BCUT2D eigenvalue weighted by atomic mass is 9.73. The number of benzene rings is 1. The van der Waals surface area contributed by atoms with Crippen LogP contribution in [0, 0.1) is 22.7 Å². The van der Waals surface area contributed by atoms with E-state index in [1.165, 1.54) is 11.1 Å². The predicted molar refractivity (Wildman–Crippen MR) is 71.4 cm³/mol. The van der Waals surface area contributed by atoms with Crippen LogP contribution < -0.4 is 0 Å². The van der Waals surface area contributed by atoms with Crippen molar-refractivity contribution in [1.29, 1.82) is 5.26 Å². The summed E-state index contributed by atoms with van der Waals surface area (Å²) in [4.78, 5) is 0. The van der Waals surface area contributed by atoms with E-state index in [1.54, 1.807) is 0 Å². The molecule has 0 amide bonds. The Morgan fingerprint density at radius 2 is 1.79 bits per heavy atom. The lowest BCUT2D eigenvalue weighted by Gasteiger charge is -2.35. The van der Waals surface area contributed by atoms with Gasteiger partial charge in [0.2, 0.25) is 0 Å². The average molecular weight is 257 g/mol. The van der Waals surface area contributed by atoms with E-state index < -0.39 is 11.5 Å². The lowest BCUT2D eigenvalue weighted by molar-refractivity contribution is -0.0354. The van der Waals surface area contributed by atoms with Crippen molar-refractivity contribution in [2.45, 2.75) is 31.8 Å². The van der Waals surface area contributed by atoms with E-state index in [0.29, 0.717) is 26.1 Å². The molecule has 0 aromatic heterocycles. The fraction of sp³-hybridized carbons (Fsp3) is 0.562. The second-order valence-corrected chi connectivity index (χ2v) is 5.78. The largest absolute Gasteiger partial charge is 0.391 e. The fourth-order valence-corrected chi connectivity index (χ4v) is 3.48. The first-order valence-corrected chi connectivity index (χ1v) is 6.99. The van der Waals surface area contributed by atoms with E-state index in [-0.39, 0.29) is 5.92 Å². The number of ether oxygens (including phenoxy) is 1. The molecular formula is C16H19NO2. The van der Waals surface area contributed by atoms with Gasteiger partial charge in [-0.25, -0.2) is 0 Å². The molecule has 1 heterocycles. The maximum absolute atomic E-state index is 10.7. The van der Waals surface area contributed by atoms with Gasteiger partial charge in [-0.2, -0.15) is 5.26 Å². The molecule has 1 aromatic rings. The van der Waals surface area contributed by atoms with Crippen LogP contribution in [-0.2, 0) is 17.6 Å². The van der Waals surface area contributed by atoms with Gasteiger partial charge in [-0.05, 0) is 42.7 Å². The van der Waals surface area contributed by atoms with Gasteiger partial charge in [-0.15, -0.1) is 0 Å². The maximum atomic E-state index is 10.7. The quantitative estimate of drug-likeness (QED) is 0.882. The van der Waals surface area contributed by atoms with E-state index in [9.17, 15) is 10.4 Å². The van der Waals surface area contributed by atoms with Crippen LogP contribution >= 0.6 is 0 Å². The standard InChI is InChI=1S/C16H19NO2/c17-11-16(15(18)12-5-7-19-8-6-12)9-13-3-1-2-4-14(13)10-16/h1-4,12,15,18H,5-10H2. The van der Waals surface area contributed by atoms with Crippen LogP contribution in [0.25, 0.3) is 0 Å². The highest BCUT2D eigenvalue weighted by molar-refractivity contribution is 5.38. The molecule has 0 saturated carbocycles. The Hall–Kier alpha value is -1.37. The molecule has 19 heavy (non-hydrogen) atoms. The van der Waals surface area contributed by atoms with E-state index in [0.717, 1.165) is 12.8 Å². The molecule has 1 aliphatic heterocycles. The SMILES string of the molecule is N#CC1(C(O)C2CCOCC2)Cc2ccccc2C1. The molecule has 3 nitrogen and oxygen atoms in total. The maximum Gasteiger partial charge on any atom is 0.0915 e. The predicted octanol–water partition coefficient (Wildman–Crippen LogP) is 2.08. The molecule has 1 atom stereocenters. The number of hydrogen-bond acceptors (Lipinski definition) is 3. The zero-order valence-corrected chi connectivity index (χ0v) is 11.0. The first kappa shape index (κ1) is 12.7. The first-order chi connectivity index (χ1) is 9.25. The molecule has 3 rings (SSSR count). The Kier molecular flexibility index (Phi) is 3.30. The van der Waals surface area contributed by atoms with Crippen molar-refractivity contribution in [3.05, 3.63) is 35.4 Å². The van der Waals surface area contributed by atoms with Crippen molar-refractivity contribution in [1.82, 2.24) is 0 Å². The van der Waals surface area contributed by atoms with Gasteiger partial charge in [0.25, 0.3) is 0 Å². The highest BCUT2D eigenvalue weighted by Crippen LogP contribution is 2.43. The monoisotopic (exact) mass is 257 g/mol. The minimum absolute atomic E-state index is 0.197. The van der Waals surface area contributed by atoms with Crippen molar-refractivity contribution in [3.63, 3.8) is 0 Å². The van der Waals surface area contributed by atoms with E-state index in [4.69, 9.17) is 4.74 Å². The van der Waals surface area contributed by atoms with E-state index in [2.05, 4.69) is 18.2 Å². The van der Waals surface area contributed by atoms with Crippen LogP contribution in [0.5, 0.6) is 0 Å². The van der Waals surface area contributed by atoms with Crippen molar-refractivity contribution in [3.8, 4) is 6.07 Å². The summed E-state index contributed by atoms with van der Waals surface area (Å²) in [5.74, 6) is 0.197. The van der Waals surface area contributed by atoms with Crippen molar-refractivity contribution >= 4 is 0 Å². The topological polar surface area (TPSA) is 53.2 Å². The van der Waals surface area contributed by atoms with Crippen LogP contribution in [0.15, 0.2) is 24.3 Å². The molecule has 1 fully saturated rings. The number of rotatable bonds is 2. The second-order valence-electron chi connectivity index (χ2n) is 5.78. The fourth-order valence-electron chi connectivity index (χ4n) is 3.48. The molecule has 1 unspecified atom stereocenters. The van der Waals surface area contributed by atoms with Crippen molar-refractivity contribution < 1.29 is 9.84 Å². The normalized spacial score (nSPS) is 23.6. The molecule has 0 spiro atoms. The number of nitriles is 1.